The van der Waals surface area contributed by atoms with Crippen LogP contribution in [0.3, 0.4) is 0 Å². The Bertz CT molecular complexity index is 949. The standard InChI is InChI=1S/C19H25N3O3S/c1-3-22-17(25)13-8-7-12(10-14(13)21-18(22)26)16(24)20-11-19(2)9-5-4-6-15(19)23/h7-8,10,15,23H,3-6,9,11H2,1-2H3,(H,20,24)(H,21,26)/t15-,19-/m1/s1. The fourth-order valence-electron chi connectivity index (χ4n) is 3.65. The van der Waals surface area contributed by atoms with Gasteiger partial charge in [0.1, 0.15) is 0 Å². The second-order valence-electron chi connectivity index (χ2n) is 7.34. The number of H-pyrrole nitrogens is 1. The van der Waals surface area contributed by atoms with Gasteiger partial charge in [-0.15, -0.1) is 0 Å². The lowest BCUT2D eigenvalue weighted by atomic mass is 9.73. The fraction of sp³-hybridized carbons (Fsp3) is 0.526. The van der Waals surface area contributed by atoms with Crippen molar-refractivity contribution in [2.24, 2.45) is 5.41 Å². The maximum absolute atomic E-state index is 12.6. The van der Waals surface area contributed by atoms with E-state index in [1.807, 2.05) is 13.8 Å². The third-order valence-electron chi connectivity index (χ3n) is 5.49. The van der Waals surface area contributed by atoms with Gasteiger partial charge in [-0.3, -0.25) is 14.2 Å². The summed E-state index contributed by atoms with van der Waals surface area (Å²) < 4.78 is 1.84. The molecule has 6 nitrogen and oxygen atoms in total. The Morgan fingerprint density at radius 3 is 2.92 bits per heavy atom. The molecule has 7 heteroatoms. The number of hydrogen-bond acceptors (Lipinski definition) is 4. The molecule has 2 atom stereocenters. The van der Waals surface area contributed by atoms with Crippen molar-refractivity contribution in [1.29, 1.82) is 0 Å². The highest BCUT2D eigenvalue weighted by Gasteiger charge is 2.35. The molecule has 1 fully saturated rings. The number of aromatic nitrogens is 2. The number of carbonyl (C=O) groups excluding carboxylic acids is 1. The molecular weight excluding hydrogens is 350 g/mol. The van der Waals surface area contributed by atoms with Crippen molar-refractivity contribution in [2.45, 2.75) is 52.2 Å². The molecule has 1 aliphatic rings. The van der Waals surface area contributed by atoms with E-state index in [-0.39, 0.29) is 16.9 Å². The van der Waals surface area contributed by atoms with Gasteiger partial charge in [0, 0.05) is 24.1 Å². The van der Waals surface area contributed by atoms with Gasteiger partial charge >= 0.3 is 0 Å². The summed E-state index contributed by atoms with van der Waals surface area (Å²) in [4.78, 5) is 28.0. The lowest BCUT2D eigenvalue weighted by Gasteiger charge is -2.38. The third-order valence-corrected chi connectivity index (χ3v) is 5.82. The molecule has 26 heavy (non-hydrogen) atoms. The first kappa shape index (κ1) is 18.8. The van der Waals surface area contributed by atoms with E-state index in [0.29, 0.717) is 34.3 Å². The van der Waals surface area contributed by atoms with Gasteiger partial charge in [-0.2, -0.15) is 0 Å². The van der Waals surface area contributed by atoms with Crippen LogP contribution in [0.4, 0.5) is 0 Å². The number of hydrogen-bond donors (Lipinski definition) is 3. The van der Waals surface area contributed by atoms with Crippen molar-refractivity contribution in [3.8, 4) is 0 Å². The topological polar surface area (TPSA) is 87.1 Å². The first-order valence-corrected chi connectivity index (χ1v) is 9.49. The highest BCUT2D eigenvalue weighted by molar-refractivity contribution is 7.71. The fourth-order valence-corrected chi connectivity index (χ4v) is 3.98. The minimum Gasteiger partial charge on any atom is -0.392 e. The van der Waals surface area contributed by atoms with Crippen LogP contribution in [0.15, 0.2) is 23.0 Å². The summed E-state index contributed by atoms with van der Waals surface area (Å²) in [7, 11) is 0. The normalized spacial score (nSPS) is 23.1. The van der Waals surface area contributed by atoms with Crippen LogP contribution in [-0.4, -0.2) is 33.2 Å². The van der Waals surface area contributed by atoms with E-state index >= 15 is 0 Å². The molecule has 3 rings (SSSR count). The van der Waals surface area contributed by atoms with Gasteiger partial charge in [-0.25, -0.2) is 0 Å². The summed E-state index contributed by atoms with van der Waals surface area (Å²) >= 11 is 5.22. The molecule has 0 bridgehead atoms. The number of aromatic amines is 1. The van der Waals surface area contributed by atoms with Crippen LogP contribution in [0.2, 0.25) is 0 Å². The van der Waals surface area contributed by atoms with E-state index in [4.69, 9.17) is 12.2 Å². The average Bonchev–Trinajstić information content (AvgIpc) is 2.62. The summed E-state index contributed by atoms with van der Waals surface area (Å²) in [6.45, 7) is 4.80. The monoisotopic (exact) mass is 375 g/mol. The largest absolute Gasteiger partial charge is 0.392 e. The average molecular weight is 375 g/mol. The molecule has 0 radical (unpaired) electrons. The molecule has 1 aromatic carbocycles. The Balaban J connectivity index is 1.83. The molecule has 140 valence electrons. The molecule has 1 aromatic heterocycles. The van der Waals surface area contributed by atoms with Gasteiger partial charge in [0.2, 0.25) is 0 Å². The quantitative estimate of drug-likeness (QED) is 0.717. The van der Waals surface area contributed by atoms with Crippen LogP contribution in [0.5, 0.6) is 0 Å². The van der Waals surface area contributed by atoms with Crippen molar-refractivity contribution in [2.75, 3.05) is 6.54 Å². The number of benzene rings is 1. The lowest BCUT2D eigenvalue weighted by molar-refractivity contribution is 0.00190. The van der Waals surface area contributed by atoms with E-state index in [0.717, 1.165) is 25.7 Å². The van der Waals surface area contributed by atoms with Crippen molar-refractivity contribution in [1.82, 2.24) is 14.9 Å². The molecule has 1 amide bonds. The highest BCUT2D eigenvalue weighted by atomic mass is 32.1. The third kappa shape index (κ3) is 3.46. The molecule has 3 N–H and O–H groups in total. The predicted octanol–water partition coefficient (Wildman–Crippen LogP) is 2.75. The Labute approximate surface area is 157 Å². The van der Waals surface area contributed by atoms with Gasteiger partial charge in [-0.05, 0) is 50.2 Å². The van der Waals surface area contributed by atoms with Crippen LogP contribution in [0, 0.1) is 10.2 Å². The summed E-state index contributed by atoms with van der Waals surface area (Å²) in [5.41, 5.74) is 0.572. The zero-order chi connectivity index (χ0) is 18.9. The Morgan fingerprint density at radius 2 is 2.23 bits per heavy atom. The zero-order valence-electron chi connectivity index (χ0n) is 15.2. The number of nitrogens with one attached hydrogen (secondary N) is 2. The summed E-state index contributed by atoms with van der Waals surface area (Å²) in [6.07, 6.45) is 3.39. The number of fused-ring (bicyclic) bond motifs is 1. The molecule has 0 aliphatic heterocycles. The number of aliphatic hydroxyl groups is 1. The smallest absolute Gasteiger partial charge is 0.262 e. The maximum atomic E-state index is 12.6. The molecule has 0 spiro atoms. The number of rotatable bonds is 4. The van der Waals surface area contributed by atoms with Crippen molar-refractivity contribution in [3.05, 3.63) is 38.9 Å². The Kier molecular flexibility index (Phi) is 5.29. The second-order valence-corrected chi connectivity index (χ2v) is 7.72. The van der Waals surface area contributed by atoms with E-state index < -0.39 is 6.10 Å². The van der Waals surface area contributed by atoms with Gasteiger partial charge in [-0.1, -0.05) is 19.8 Å². The first-order chi connectivity index (χ1) is 12.4. The van der Waals surface area contributed by atoms with E-state index in [1.54, 1.807) is 18.2 Å². The van der Waals surface area contributed by atoms with Gasteiger partial charge < -0.3 is 15.4 Å². The van der Waals surface area contributed by atoms with E-state index in [2.05, 4.69) is 10.3 Å². The number of amides is 1. The SMILES string of the molecule is CCn1c(=S)[nH]c2cc(C(=O)NC[C@@]3(C)CCCC[C@H]3O)ccc2c1=O. The van der Waals surface area contributed by atoms with Crippen LogP contribution >= 0.6 is 12.2 Å². The molecule has 0 saturated heterocycles. The second kappa shape index (κ2) is 7.32. The van der Waals surface area contributed by atoms with Gasteiger partial charge in [0.05, 0.1) is 17.0 Å². The number of nitrogens with zero attached hydrogens (tertiary/aromatic N) is 1. The molecule has 1 saturated carbocycles. The van der Waals surface area contributed by atoms with Gasteiger partial charge in [0.15, 0.2) is 4.77 Å². The van der Waals surface area contributed by atoms with Crippen LogP contribution in [-0.2, 0) is 6.54 Å². The van der Waals surface area contributed by atoms with Crippen molar-refractivity contribution in [3.63, 3.8) is 0 Å². The number of aliphatic hydroxyl groups excluding tert-OH is 1. The zero-order valence-corrected chi connectivity index (χ0v) is 16.0. The molecule has 0 unspecified atom stereocenters. The molecule has 1 heterocycles. The molecule has 2 aromatic rings. The summed E-state index contributed by atoms with van der Waals surface area (Å²) in [5.74, 6) is -0.218. The molecule has 1 aliphatic carbocycles. The Morgan fingerprint density at radius 1 is 1.46 bits per heavy atom. The maximum Gasteiger partial charge on any atom is 0.262 e. The lowest BCUT2D eigenvalue weighted by Crippen LogP contribution is -2.45. The van der Waals surface area contributed by atoms with Crippen molar-refractivity contribution >= 4 is 29.0 Å². The number of carbonyl (C=O) groups is 1. The van der Waals surface area contributed by atoms with E-state index in [9.17, 15) is 14.7 Å². The summed E-state index contributed by atoms with van der Waals surface area (Å²) in [5, 5.41) is 13.7. The minimum absolute atomic E-state index is 0.156. The Hall–Kier alpha value is -1.99. The van der Waals surface area contributed by atoms with Crippen LogP contribution in [0.25, 0.3) is 10.9 Å². The van der Waals surface area contributed by atoms with Gasteiger partial charge in [0.25, 0.3) is 11.5 Å². The minimum atomic E-state index is -0.392. The van der Waals surface area contributed by atoms with E-state index in [1.165, 1.54) is 4.57 Å². The summed E-state index contributed by atoms with van der Waals surface area (Å²) in [6, 6.07) is 4.96. The first-order valence-electron chi connectivity index (χ1n) is 9.09. The molecular formula is C19H25N3O3S. The van der Waals surface area contributed by atoms with Crippen molar-refractivity contribution < 1.29 is 9.90 Å². The highest BCUT2D eigenvalue weighted by Crippen LogP contribution is 2.35. The predicted molar refractivity (Wildman–Crippen MR) is 104 cm³/mol. The van der Waals surface area contributed by atoms with Crippen LogP contribution < -0.4 is 10.9 Å². The van der Waals surface area contributed by atoms with Crippen LogP contribution in [0.1, 0.15) is 49.9 Å².